The Morgan fingerprint density at radius 3 is 1.23 bits per heavy atom. The van der Waals surface area contributed by atoms with Crippen LogP contribution in [0.5, 0.6) is 0 Å². The van der Waals surface area contributed by atoms with E-state index < -0.39 is 32.5 Å². The van der Waals surface area contributed by atoms with Crippen molar-refractivity contribution in [1.29, 1.82) is 0 Å². The number of phosphoric ester groups is 1. The van der Waals surface area contributed by atoms with Crippen LogP contribution in [0.1, 0.15) is 181 Å². The van der Waals surface area contributed by atoms with Gasteiger partial charge in [-0.05, 0) is 96.3 Å². The highest BCUT2D eigenvalue weighted by Gasteiger charge is 2.21. The van der Waals surface area contributed by atoms with E-state index in [1.807, 2.05) is 21.1 Å². The highest BCUT2D eigenvalue weighted by molar-refractivity contribution is 7.45. The van der Waals surface area contributed by atoms with Crippen molar-refractivity contribution in [3.63, 3.8) is 0 Å². The van der Waals surface area contributed by atoms with Gasteiger partial charge in [0, 0.05) is 12.8 Å². The van der Waals surface area contributed by atoms with Crippen LogP contribution in [-0.4, -0.2) is 70.0 Å². The van der Waals surface area contributed by atoms with E-state index in [1.165, 1.54) is 38.5 Å². The van der Waals surface area contributed by atoms with Gasteiger partial charge in [0.2, 0.25) is 0 Å². The number of rotatable bonds is 45. The van der Waals surface area contributed by atoms with Crippen LogP contribution in [0.25, 0.3) is 0 Å². The molecule has 10 heteroatoms. The van der Waals surface area contributed by atoms with E-state index in [1.54, 1.807) is 0 Å². The molecule has 0 aromatic heterocycles. The zero-order valence-corrected chi connectivity index (χ0v) is 43.2. The molecule has 0 radical (unpaired) electrons. The van der Waals surface area contributed by atoms with Crippen LogP contribution in [0.3, 0.4) is 0 Å². The van der Waals surface area contributed by atoms with Crippen LogP contribution in [0, 0.1) is 0 Å². The summed E-state index contributed by atoms with van der Waals surface area (Å²) in [5.41, 5.74) is 0. The van der Waals surface area contributed by atoms with Gasteiger partial charge in [-0.15, -0.1) is 0 Å². The molecule has 66 heavy (non-hydrogen) atoms. The summed E-state index contributed by atoms with van der Waals surface area (Å²) < 4.78 is 34.0. The molecule has 376 valence electrons. The van der Waals surface area contributed by atoms with Crippen molar-refractivity contribution >= 4 is 19.8 Å². The third kappa shape index (κ3) is 50.1. The standard InChI is InChI=1S/C56H94NO8P/c1-6-8-10-12-14-16-18-20-22-24-26-27-28-29-31-32-34-36-38-40-42-44-46-48-55(58)62-52-54(53-64-66(60,61)63-51-50-57(3,4)5)65-56(59)49-47-45-43-41-39-37-35-33-30-25-23-21-19-17-15-13-11-9-7-2/h8-11,14-17,20-23,26-27,30,33,37,39,54H,6-7,12-13,18-19,24-25,28-29,31-32,34-36,38,40-53H2,1-5H3/b10-8-,11-9-,16-14-,17-15-,22-20-,23-21-,27-26-,33-30-,39-37-. The quantitative estimate of drug-likeness (QED) is 0.0195. The van der Waals surface area contributed by atoms with Crippen molar-refractivity contribution in [3.05, 3.63) is 109 Å². The van der Waals surface area contributed by atoms with Crippen molar-refractivity contribution in [2.24, 2.45) is 0 Å². The minimum absolute atomic E-state index is 0.0445. The lowest BCUT2D eigenvalue weighted by Gasteiger charge is -2.28. The molecule has 0 N–H and O–H groups in total. The molecule has 0 rings (SSSR count). The number of hydrogen-bond donors (Lipinski definition) is 0. The average Bonchev–Trinajstić information content (AvgIpc) is 3.27. The molecule has 0 aliphatic carbocycles. The second kappa shape index (κ2) is 46.8. The number of carbonyl (C=O) groups is 2. The first-order valence-electron chi connectivity index (χ1n) is 25.6. The first-order chi connectivity index (χ1) is 32.0. The van der Waals surface area contributed by atoms with E-state index in [0.29, 0.717) is 23.9 Å². The largest absolute Gasteiger partial charge is 0.756 e. The Balaban J connectivity index is 4.33. The summed E-state index contributed by atoms with van der Waals surface area (Å²) in [5, 5.41) is 0. The molecule has 0 aliphatic rings. The van der Waals surface area contributed by atoms with Crippen LogP contribution in [0.2, 0.25) is 0 Å². The summed E-state index contributed by atoms with van der Waals surface area (Å²) in [7, 11) is 1.12. The highest BCUT2D eigenvalue weighted by atomic mass is 31.2. The van der Waals surface area contributed by atoms with E-state index in [9.17, 15) is 19.0 Å². The maximum Gasteiger partial charge on any atom is 0.306 e. The Kier molecular flexibility index (Phi) is 44.4. The van der Waals surface area contributed by atoms with Gasteiger partial charge in [-0.1, -0.05) is 181 Å². The van der Waals surface area contributed by atoms with Gasteiger partial charge in [0.25, 0.3) is 7.82 Å². The molecule has 0 fully saturated rings. The number of carbonyl (C=O) groups excluding carboxylic acids is 2. The van der Waals surface area contributed by atoms with E-state index >= 15 is 0 Å². The first kappa shape index (κ1) is 62.7. The molecule has 0 saturated heterocycles. The molecule has 0 aliphatic heterocycles. The number of nitrogens with zero attached hydrogens (tertiary/aromatic N) is 1. The molecule has 0 amide bonds. The number of phosphoric acid groups is 1. The number of allylic oxidation sites excluding steroid dienone is 18. The maximum absolute atomic E-state index is 12.7. The van der Waals surface area contributed by atoms with Crippen LogP contribution < -0.4 is 4.89 Å². The normalized spacial score (nSPS) is 14.3. The molecule has 2 atom stereocenters. The lowest BCUT2D eigenvalue weighted by Crippen LogP contribution is -2.37. The van der Waals surface area contributed by atoms with Gasteiger partial charge in [0.15, 0.2) is 6.10 Å². The summed E-state index contributed by atoms with van der Waals surface area (Å²) in [5.74, 6) is -0.885. The molecule has 0 spiro atoms. The van der Waals surface area contributed by atoms with Gasteiger partial charge in [-0.25, -0.2) is 0 Å². The lowest BCUT2D eigenvalue weighted by atomic mass is 10.1. The second-order valence-electron chi connectivity index (χ2n) is 17.8. The molecule has 0 bridgehead atoms. The molecule has 0 saturated carbocycles. The van der Waals surface area contributed by atoms with E-state index in [0.717, 1.165) is 103 Å². The number of ether oxygens (including phenoxy) is 2. The maximum atomic E-state index is 12.7. The monoisotopic (exact) mass is 940 g/mol. The molecule has 0 aromatic rings. The Bertz CT molecular complexity index is 1480. The highest BCUT2D eigenvalue weighted by Crippen LogP contribution is 2.38. The Hall–Kier alpha value is -3.33. The predicted molar refractivity (Wildman–Crippen MR) is 277 cm³/mol. The number of quaternary nitrogens is 1. The summed E-state index contributed by atoms with van der Waals surface area (Å²) in [4.78, 5) is 37.7. The molecular formula is C56H94NO8P. The Morgan fingerprint density at radius 1 is 0.470 bits per heavy atom. The minimum atomic E-state index is -4.65. The fourth-order valence-electron chi connectivity index (χ4n) is 6.38. The van der Waals surface area contributed by atoms with E-state index in [2.05, 4.69) is 123 Å². The summed E-state index contributed by atoms with van der Waals surface area (Å²) in [6.45, 7) is 3.95. The third-order valence-electron chi connectivity index (χ3n) is 10.3. The molecule has 0 aromatic carbocycles. The van der Waals surface area contributed by atoms with Gasteiger partial charge in [-0.3, -0.25) is 14.2 Å². The number of likely N-dealkylation sites (N-methyl/N-ethyl adjacent to an activating group) is 1. The Morgan fingerprint density at radius 2 is 0.818 bits per heavy atom. The number of unbranched alkanes of at least 4 members (excludes halogenated alkanes) is 13. The van der Waals surface area contributed by atoms with Crippen molar-refractivity contribution < 1.29 is 42.1 Å². The molecule has 0 heterocycles. The second-order valence-corrected chi connectivity index (χ2v) is 19.2. The molecule has 2 unspecified atom stereocenters. The molecular weight excluding hydrogens is 846 g/mol. The Labute approximate surface area is 404 Å². The first-order valence-corrected chi connectivity index (χ1v) is 27.1. The van der Waals surface area contributed by atoms with E-state index in [-0.39, 0.29) is 26.1 Å². The van der Waals surface area contributed by atoms with Crippen LogP contribution in [0.4, 0.5) is 0 Å². The fourth-order valence-corrected chi connectivity index (χ4v) is 7.11. The zero-order valence-electron chi connectivity index (χ0n) is 42.3. The fraction of sp³-hybridized carbons (Fsp3) is 0.643. The van der Waals surface area contributed by atoms with Crippen LogP contribution in [0.15, 0.2) is 109 Å². The van der Waals surface area contributed by atoms with Gasteiger partial charge in [-0.2, -0.15) is 0 Å². The zero-order chi connectivity index (χ0) is 48.5. The number of esters is 2. The molecule has 9 nitrogen and oxygen atoms in total. The van der Waals surface area contributed by atoms with Crippen LogP contribution in [-0.2, 0) is 32.7 Å². The summed E-state index contributed by atoms with van der Waals surface area (Å²) in [6, 6.07) is 0. The minimum Gasteiger partial charge on any atom is -0.756 e. The summed E-state index contributed by atoms with van der Waals surface area (Å²) in [6.07, 6.45) is 64.0. The lowest BCUT2D eigenvalue weighted by molar-refractivity contribution is -0.870. The van der Waals surface area contributed by atoms with Gasteiger partial charge >= 0.3 is 11.9 Å². The topological polar surface area (TPSA) is 111 Å². The number of hydrogen-bond acceptors (Lipinski definition) is 8. The van der Waals surface area contributed by atoms with Crippen LogP contribution >= 0.6 is 7.82 Å². The van der Waals surface area contributed by atoms with Crippen molar-refractivity contribution in [2.75, 3.05) is 47.5 Å². The SMILES string of the molecule is CC/C=C\C/C=C\C/C=C\C/C=C\C/C=C\CCCCCC(=O)OC(COC(=O)CCCCCCCCCCCC/C=C\C/C=C\C/C=C\C/C=C\CC)COP(=O)([O-])OCC[N+](C)(C)C. The summed E-state index contributed by atoms with van der Waals surface area (Å²) >= 11 is 0. The predicted octanol–water partition coefficient (Wildman–Crippen LogP) is 14.8. The van der Waals surface area contributed by atoms with Gasteiger partial charge in [0.05, 0.1) is 27.7 Å². The third-order valence-corrected chi connectivity index (χ3v) is 11.3. The van der Waals surface area contributed by atoms with Gasteiger partial charge < -0.3 is 27.9 Å². The average molecular weight is 940 g/mol. The van der Waals surface area contributed by atoms with Crippen molar-refractivity contribution in [1.82, 2.24) is 0 Å². The van der Waals surface area contributed by atoms with Gasteiger partial charge in [0.1, 0.15) is 19.8 Å². The van der Waals surface area contributed by atoms with E-state index in [4.69, 9.17) is 18.5 Å². The van der Waals surface area contributed by atoms with Crippen molar-refractivity contribution in [3.8, 4) is 0 Å². The smallest absolute Gasteiger partial charge is 0.306 e. The van der Waals surface area contributed by atoms with Crippen molar-refractivity contribution in [2.45, 2.75) is 187 Å².